The van der Waals surface area contributed by atoms with Crippen LogP contribution in [-0.2, 0) is 4.74 Å². The van der Waals surface area contributed by atoms with Gasteiger partial charge >= 0.3 is 5.97 Å². The fourth-order valence-electron chi connectivity index (χ4n) is 3.48. The quantitative estimate of drug-likeness (QED) is 0.803. The van der Waals surface area contributed by atoms with E-state index in [2.05, 4.69) is 4.90 Å². The third-order valence-corrected chi connectivity index (χ3v) is 5.48. The molecule has 2 unspecified atom stereocenters. The van der Waals surface area contributed by atoms with Crippen molar-refractivity contribution in [3.63, 3.8) is 0 Å². The Bertz CT molecular complexity index is 608. The number of nitrogen functional groups attached to an aromatic ring is 1. The van der Waals surface area contributed by atoms with Gasteiger partial charge in [0, 0.05) is 12.1 Å². The number of carbonyl (C=O) groups is 1. The number of hydrogen-bond donors (Lipinski definition) is 2. The van der Waals surface area contributed by atoms with Gasteiger partial charge in [-0.3, -0.25) is 0 Å². The summed E-state index contributed by atoms with van der Waals surface area (Å²) in [5.74, 6) is -0.509. The Morgan fingerprint density at radius 1 is 1.48 bits per heavy atom. The SMILES string of the molecule is COC(=O)c1c(N2C3CCC2CC(O)C3)sc(C#N)c1N. The molecule has 1 aromatic heterocycles. The zero-order valence-electron chi connectivity index (χ0n) is 11.7. The normalized spacial score (nSPS) is 27.5. The summed E-state index contributed by atoms with van der Waals surface area (Å²) >= 11 is 1.24. The van der Waals surface area contributed by atoms with Crippen molar-refractivity contribution in [1.82, 2.24) is 0 Å². The molecule has 0 aliphatic carbocycles. The van der Waals surface area contributed by atoms with Crippen molar-refractivity contribution in [2.75, 3.05) is 17.7 Å². The van der Waals surface area contributed by atoms with E-state index in [0.29, 0.717) is 23.3 Å². The molecule has 7 heteroatoms. The first-order chi connectivity index (χ1) is 10.1. The lowest BCUT2D eigenvalue weighted by molar-refractivity contribution is 0.0603. The molecule has 3 N–H and O–H groups in total. The summed E-state index contributed by atoms with van der Waals surface area (Å²) in [6, 6.07) is 2.44. The number of nitrogens with zero attached hydrogens (tertiary/aromatic N) is 2. The smallest absolute Gasteiger partial charge is 0.343 e. The molecule has 2 aliphatic rings. The minimum atomic E-state index is -0.509. The van der Waals surface area contributed by atoms with Gasteiger partial charge in [0.05, 0.1) is 18.9 Å². The third kappa shape index (κ3) is 2.15. The van der Waals surface area contributed by atoms with E-state index >= 15 is 0 Å². The van der Waals surface area contributed by atoms with E-state index in [4.69, 9.17) is 15.7 Å². The molecule has 0 spiro atoms. The highest BCUT2D eigenvalue weighted by atomic mass is 32.1. The monoisotopic (exact) mass is 307 g/mol. The van der Waals surface area contributed by atoms with E-state index in [9.17, 15) is 9.90 Å². The molecule has 3 heterocycles. The molecule has 2 aliphatic heterocycles. The number of anilines is 2. The second-order valence-corrected chi connectivity index (χ2v) is 6.54. The van der Waals surface area contributed by atoms with E-state index < -0.39 is 5.97 Å². The lowest BCUT2D eigenvalue weighted by atomic mass is 10.00. The summed E-state index contributed by atoms with van der Waals surface area (Å²) in [6.45, 7) is 0. The number of aliphatic hydroxyl groups is 1. The maximum absolute atomic E-state index is 12.0. The first-order valence-electron chi connectivity index (χ1n) is 6.93. The zero-order valence-corrected chi connectivity index (χ0v) is 12.5. The van der Waals surface area contributed by atoms with Crippen molar-refractivity contribution >= 4 is 28.0 Å². The molecular formula is C14H17N3O3S. The standard InChI is InChI=1S/C14H17N3O3S/c1-20-14(19)11-12(16)10(6-15)21-13(11)17-7-2-3-8(17)5-9(18)4-7/h7-9,18H,2-5,16H2,1H3. The van der Waals surface area contributed by atoms with Gasteiger partial charge in [-0.2, -0.15) is 5.26 Å². The Hall–Kier alpha value is -1.78. The second-order valence-electron chi connectivity index (χ2n) is 5.55. The Morgan fingerprint density at radius 3 is 2.62 bits per heavy atom. The van der Waals surface area contributed by atoms with Crippen molar-refractivity contribution < 1.29 is 14.6 Å². The van der Waals surface area contributed by atoms with Crippen LogP contribution in [0.2, 0.25) is 0 Å². The number of piperidine rings is 1. The summed E-state index contributed by atoms with van der Waals surface area (Å²) in [4.78, 5) is 14.6. The Balaban J connectivity index is 2.07. The van der Waals surface area contributed by atoms with Gasteiger partial charge in [-0.1, -0.05) is 0 Å². The Labute approximate surface area is 126 Å². The fraction of sp³-hybridized carbons (Fsp3) is 0.571. The molecule has 112 valence electrons. The van der Waals surface area contributed by atoms with Crippen molar-refractivity contribution in [3.05, 3.63) is 10.4 Å². The first-order valence-corrected chi connectivity index (χ1v) is 7.75. The molecule has 0 aromatic carbocycles. The molecule has 0 radical (unpaired) electrons. The number of aliphatic hydroxyl groups excluding tert-OH is 1. The predicted octanol–water partition coefficient (Wildman–Crippen LogP) is 1.48. The Kier molecular flexibility index (Phi) is 3.51. The average molecular weight is 307 g/mol. The lowest BCUT2D eigenvalue weighted by Gasteiger charge is -2.38. The van der Waals surface area contributed by atoms with E-state index in [0.717, 1.165) is 17.8 Å². The van der Waals surface area contributed by atoms with Gasteiger partial charge in [-0.25, -0.2) is 4.79 Å². The van der Waals surface area contributed by atoms with Crippen molar-refractivity contribution in [3.8, 4) is 6.07 Å². The molecule has 0 amide bonds. The zero-order chi connectivity index (χ0) is 15.1. The van der Waals surface area contributed by atoms with E-state index in [-0.39, 0.29) is 23.9 Å². The fourth-order valence-corrected chi connectivity index (χ4v) is 4.63. The number of esters is 1. The van der Waals surface area contributed by atoms with Crippen LogP contribution in [0.25, 0.3) is 0 Å². The topological polar surface area (TPSA) is 99.6 Å². The highest BCUT2D eigenvalue weighted by Crippen LogP contribution is 2.46. The number of rotatable bonds is 2. The molecule has 2 atom stereocenters. The largest absolute Gasteiger partial charge is 0.465 e. The van der Waals surface area contributed by atoms with Gasteiger partial charge in [0.25, 0.3) is 0 Å². The van der Waals surface area contributed by atoms with E-state index in [1.54, 1.807) is 0 Å². The first kappa shape index (κ1) is 14.2. The number of carbonyl (C=O) groups excluding carboxylic acids is 1. The number of nitrogens with two attached hydrogens (primary N) is 1. The van der Waals surface area contributed by atoms with Gasteiger partial charge in [0.2, 0.25) is 0 Å². The number of hydrogen-bond acceptors (Lipinski definition) is 7. The lowest BCUT2D eigenvalue weighted by Crippen LogP contribution is -2.45. The number of fused-ring (bicyclic) bond motifs is 2. The molecule has 2 bridgehead atoms. The molecule has 1 aromatic rings. The van der Waals surface area contributed by atoms with Crippen LogP contribution in [-0.4, -0.2) is 36.4 Å². The van der Waals surface area contributed by atoms with Crippen LogP contribution in [0.15, 0.2) is 0 Å². The van der Waals surface area contributed by atoms with Crippen LogP contribution in [0.3, 0.4) is 0 Å². The van der Waals surface area contributed by atoms with Crippen LogP contribution in [0.4, 0.5) is 10.7 Å². The highest BCUT2D eigenvalue weighted by Gasteiger charge is 2.43. The number of ether oxygens (including phenoxy) is 1. The van der Waals surface area contributed by atoms with Crippen LogP contribution in [0, 0.1) is 11.3 Å². The van der Waals surface area contributed by atoms with Crippen molar-refractivity contribution in [2.24, 2.45) is 0 Å². The maximum atomic E-state index is 12.0. The van der Waals surface area contributed by atoms with Gasteiger partial charge in [0.15, 0.2) is 0 Å². The summed E-state index contributed by atoms with van der Waals surface area (Å²) < 4.78 is 4.82. The van der Waals surface area contributed by atoms with Crippen molar-refractivity contribution in [1.29, 1.82) is 5.26 Å². The van der Waals surface area contributed by atoms with Crippen LogP contribution in [0.5, 0.6) is 0 Å². The molecule has 0 saturated carbocycles. The molecule has 21 heavy (non-hydrogen) atoms. The molecule has 2 fully saturated rings. The van der Waals surface area contributed by atoms with Crippen LogP contribution < -0.4 is 10.6 Å². The predicted molar refractivity (Wildman–Crippen MR) is 79.3 cm³/mol. The average Bonchev–Trinajstić information content (AvgIpc) is 2.92. The van der Waals surface area contributed by atoms with Crippen molar-refractivity contribution in [2.45, 2.75) is 43.9 Å². The van der Waals surface area contributed by atoms with Gasteiger partial charge < -0.3 is 20.5 Å². The minimum absolute atomic E-state index is 0.201. The summed E-state index contributed by atoms with van der Waals surface area (Å²) in [6.07, 6.45) is 3.07. The third-order valence-electron chi connectivity index (χ3n) is 4.36. The maximum Gasteiger partial charge on any atom is 0.343 e. The van der Waals surface area contributed by atoms with Crippen LogP contribution in [0.1, 0.15) is 40.9 Å². The second kappa shape index (κ2) is 5.20. The molecular weight excluding hydrogens is 290 g/mol. The van der Waals surface area contributed by atoms with Gasteiger partial charge in [0.1, 0.15) is 21.5 Å². The van der Waals surface area contributed by atoms with E-state index in [1.165, 1.54) is 18.4 Å². The van der Waals surface area contributed by atoms with Gasteiger partial charge in [-0.15, -0.1) is 11.3 Å². The summed E-state index contributed by atoms with van der Waals surface area (Å²) in [5.41, 5.74) is 6.45. The minimum Gasteiger partial charge on any atom is -0.465 e. The molecule has 3 rings (SSSR count). The number of nitriles is 1. The summed E-state index contributed by atoms with van der Waals surface area (Å²) in [7, 11) is 1.31. The van der Waals surface area contributed by atoms with E-state index in [1.807, 2.05) is 6.07 Å². The van der Waals surface area contributed by atoms with Crippen LogP contribution >= 0.6 is 11.3 Å². The Morgan fingerprint density at radius 2 is 2.10 bits per heavy atom. The highest BCUT2D eigenvalue weighted by molar-refractivity contribution is 7.17. The number of methoxy groups -OCH3 is 1. The summed E-state index contributed by atoms with van der Waals surface area (Å²) in [5, 5.41) is 19.8. The number of thiophene rings is 1. The molecule has 2 saturated heterocycles. The van der Waals surface area contributed by atoms with Gasteiger partial charge in [-0.05, 0) is 25.7 Å². The molecule has 6 nitrogen and oxygen atoms in total.